The van der Waals surface area contributed by atoms with Crippen molar-refractivity contribution in [3.8, 4) is 0 Å². The lowest BCUT2D eigenvalue weighted by atomic mass is 10.4. The van der Waals surface area contributed by atoms with Crippen molar-refractivity contribution in [1.29, 1.82) is 0 Å². The lowest BCUT2D eigenvalue weighted by molar-refractivity contribution is 0.134. The first kappa shape index (κ1) is 14.2. The minimum Gasteiger partial charge on any atom is -0.321 e. The number of piperazine rings is 1. The average Bonchev–Trinajstić information content (AvgIpc) is 2.41. The molecule has 19 heavy (non-hydrogen) atoms. The molecular formula is C10H18N6O2S. The largest absolute Gasteiger partial charge is 0.321 e. The second kappa shape index (κ2) is 5.80. The van der Waals surface area contributed by atoms with Crippen LogP contribution < -0.4 is 16.1 Å². The zero-order chi connectivity index (χ0) is 13.9. The Morgan fingerprint density at radius 3 is 2.63 bits per heavy atom. The summed E-state index contributed by atoms with van der Waals surface area (Å²) < 4.78 is 24.5. The molecule has 106 valence electrons. The molecule has 0 atom stereocenters. The van der Waals surface area contributed by atoms with E-state index in [1.807, 2.05) is 7.05 Å². The number of anilines is 1. The number of hydrazine groups is 2. The van der Waals surface area contributed by atoms with Gasteiger partial charge in [0.15, 0.2) is 5.03 Å². The molecule has 2 rings (SSSR count). The monoisotopic (exact) mass is 286 g/mol. The zero-order valence-corrected chi connectivity index (χ0v) is 11.5. The fourth-order valence-electron chi connectivity index (χ4n) is 1.83. The van der Waals surface area contributed by atoms with Crippen molar-refractivity contribution >= 4 is 15.7 Å². The van der Waals surface area contributed by atoms with Crippen LogP contribution in [-0.2, 0) is 10.0 Å². The van der Waals surface area contributed by atoms with Crippen molar-refractivity contribution in [2.24, 2.45) is 5.84 Å². The first-order valence-corrected chi connectivity index (χ1v) is 7.39. The van der Waals surface area contributed by atoms with E-state index >= 15 is 0 Å². The fourth-order valence-corrected chi connectivity index (χ4v) is 3.05. The Hall–Kier alpha value is -1.26. The molecule has 1 aromatic heterocycles. The minimum atomic E-state index is -3.72. The molecule has 1 aliphatic rings. The number of hydrogen-bond acceptors (Lipinski definition) is 7. The molecule has 8 nitrogen and oxygen atoms in total. The predicted octanol–water partition coefficient (Wildman–Crippen LogP) is -1.19. The van der Waals surface area contributed by atoms with Gasteiger partial charge in [0.1, 0.15) is 0 Å². The smallest absolute Gasteiger partial charge is 0.273 e. The summed E-state index contributed by atoms with van der Waals surface area (Å²) in [7, 11) is -1.72. The molecule has 0 bridgehead atoms. The lowest BCUT2D eigenvalue weighted by Crippen LogP contribution is -2.52. The van der Waals surface area contributed by atoms with Gasteiger partial charge in [-0.05, 0) is 19.2 Å². The van der Waals surface area contributed by atoms with E-state index in [0.29, 0.717) is 13.1 Å². The second-order valence-electron chi connectivity index (χ2n) is 4.39. The Kier molecular flexibility index (Phi) is 4.32. The van der Waals surface area contributed by atoms with Crippen molar-refractivity contribution in [1.82, 2.24) is 19.7 Å². The summed E-state index contributed by atoms with van der Waals surface area (Å²) in [5, 5.41) is 1.57. The molecule has 4 N–H and O–H groups in total. The van der Waals surface area contributed by atoms with Crippen LogP contribution in [0.2, 0.25) is 0 Å². The lowest BCUT2D eigenvalue weighted by Gasteiger charge is -2.32. The Bertz CT molecular complexity index is 527. The van der Waals surface area contributed by atoms with Gasteiger partial charge in [-0.15, -0.1) is 4.83 Å². The molecule has 0 aromatic carbocycles. The molecule has 0 radical (unpaired) electrons. The van der Waals surface area contributed by atoms with Crippen LogP contribution in [0.3, 0.4) is 0 Å². The third-order valence-electron chi connectivity index (χ3n) is 2.93. The number of nitrogens with zero attached hydrogens (tertiary/aromatic N) is 3. The van der Waals surface area contributed by atoms with Gasteiger partial charge in [0.05, 0.1) is 5.69 Å². The fraction of sp³-hybridized carbons (Fsp3) is 0.500. The average molecular weight is 286 g/mol. The molecule has 1 fully saturated rings. The maximum Gasteiger partial charge on any atom is 0.273 e. The Morgan fingerprint density at radius 2 is 2.00 bits per heavy atom. The molecule has 0 saturated carbocycles. The van der Waals surface area contributed by atoms with Gasteiger partial charge in [-0.3, -0.25) is 5.84 Å². The van der Waals surface area contributed by atoms with Gasteiger partial charge in [0.2, 0.25) is 0 Å². The Balaban J connectivity index is 2.14. The van der Waals surface area contributed by atoms with Crippen LogP contribution in [0.25, 0.3) is 0 Å². The van der Waals surface area contributed by atoms with E-state index in [2.05, 4.69) is 20.1 Å². The van der Waals surface area contributed by atoms with E-state index in [4.69, 9.17) is 5.84 Å². The number of rotatable bonds is 4. The highest BCUT2D eigenvalue weighted by atomic mass is 32.2. The predicted molar refractivity (Wildman–Crippen MR) is 71.4 cm³/mol. The number of nitrogens with one attached hydrogen (secondary N) is 2. The number of likely N-dealkylation sites (N-methyl/N-ethyl adjacent to an activating group) is 1. The molecule has 0 aliphatic carbocycles. The van der Waals surface area contributed by atoms with Crippen LogP contribution in [-0.4, -0.2) is 56.5 Å². The van der Waals surface area contributed by atoms with Crippen LogP contribution in [0.15, 0.2) is 23.4 Å². The van der Waals surface area contributed by atoms with Gasteiger partial charge in [0, 0.05) is 32.4 Å². The normalized spacial score (nSPS) is 18.4. The maximum absolute atomic E-state index is 12.2. The second-order valence-corrected chi connectivity index (χ2v) is 5.96. The van der Waals surface area contributed by atoms with Crippen LogP contribution in [0, 0.1) is 0 Å². The third-order valence-corrected chi connectivity index (χ3v) is 4.27. The van der Waals surface area contributed by atoms with Crippen molar-refractivity contribution < 1.29 is 8.42 Å². The number of sulfonamides is 1. The molecule has 1 aliphatic heterocycles. The summed E-state index contributed by atoms with van der Waals surface area (Å²) in [6.07, 6.45) is 1.42. The molecule has 2 heterocycles. The van der Waals surface area contributed by atoms with Crippen LogP contribution >= 0.6 is 0 Å². The Morgan fingerprint density at radius 1 is 1.32 bits per heavy atom. The SMILES string of the molecule is CN1CCN(NS(=O)(=O)c2ncccc2NN)CC1. The molecule has 0 amide bonds. The van der Waals surface area contributed by atoms with Crippen molar-refractivity contribution in [3.63, 3.8) is 0 Å². The number of pyridine rings is 1. The van der Waals surface area contributed by atoms with E-state index < -0.39 is 10.0 Å². The highest BCUT2D eigenvalue weighted by Crippen LogP contribution is 2.16. The van der Waals surface area contributed by atoms with Gasteiger partial charge in [-0.1, -0.05) is 0 Å². The van der Waals surface area contributed by atoms with E-state index in [1.165, 1.54) is 6.20 Å². The van der Waals surface area contributed by atoms with Crippen LogP contribution in [0.4, 0.5) is 5.69 Å². The third kappa shape index (κ3) is 3.39. The molecule has 0 spiro atoms. The zero-order valence-electron chi connectivity index (χ0n) is 10.7. The number of nitrogen functional groups attached to an aromatic ring is 1. The highest BCUT2D eigenvalue weighted by Gasteiger charge is 2.24. The maximum atomic E-state index is 12.2. The minimum absolute atomic E-state index is 0.101. The summed E-state index contributed by atoms with van der Waals surface area (Å²) in [6, 6.07) is 3.18. The molecule has 1 aromatic rings. The first-order chi connectivity index (χ1) is 9.03. The standard InChI is InChI=1S/C10H18N6O2S/c1-15-5-7-16(8-6-15)14-19(17,18)10-9(13-11)3-2-4-12-10/h2-4,13-14H,5-8,11H2,1H3. The summed E-state index contributed by atoms with van der Waals surface area (Å²) >= 11 is 0. The first-order valence-electron chi connectivity index (χ1n) is 5.90. The van der Waals surface area contributed by atoms with Gasteiger partial charge < -0.3 is 10.3 Å². The summed E-state index contributed by atoms with van der Waals surface area (Å²) in [5.41, 5.74) is 2.61. The van der Waals surface area contributed by atoms with Gasteiger partial charge in [-0.25, -0.2) is 18.4 Å². The van der Waals surface area contributed by atoms with Gasteiger partial charge in [-0.2, -0.15) is 0 Å². The number of hydrogen-bond donors (Lipinski definition) is 3. The van der Waals surface area contributed by atoms with Crippen molar-refractivity contribution in [2.45, 2.75) is 5.03 Å². The van der Waals surface area contributed by atoms with E-state index in [0.717, 1.165) is 13.1 Å². The van der Waals surface area contributed by atoms with Gasteiger partial charge in [0.25, 0.3) is 10.0 Å². The van der Waals surface area contributed by atoms with E-state index in [9.17, 15) is 8.42 Å². The number of aromatic nitrogens is 1. The van der Waals surface area contributed by atoms with Gasteiger partial charge >= 0.3 is 0 Å². The van der Waals surface area contributed by atoms with Crippen molar-refractivity contribution in [3.05, 3.63) is 18.3 Å². The summed E-state index contributed by atoms with van der Waals surface area (Å²) in [4.78, 5) is 8.54. The molecule has 0 unspecified atom stereocenters. The highest BCUT2D eigenvalue weighted by molar-refractivity contribution is 7.89. The quantitative estimate of drug-likeness (QED) is 0.472. The van der Waals surface area contributed by atoms with Crippen LogP contribution in [0.1, 0.15) is 0 Å². The van der Waals surface area contributed by atoms with E-state index in [1.54, 1.807) is 17.1 Å². The van der Waals surface area contributed by atoms with E-state index in [-0.39, 0.29) is 10.7 Å². The number of nitrogens with two attached hydrogens (primary N) is 1. The molecule has 1 saturated heterocycles. The van der Waals surface area contributed by atoms with Crippen molar-refractivity contribution in [2.75, 3.05) is 38.7 Å². The molecule has 9 heteroatoms. The topological polar surface area (TPSA) is 104 Å². The summed E-state index contributed by atoms with van der Waals surface area (Å²) in [6.45, 7) is 2.89. The Labute approximate surface area is 112 Å². The summed E-state index contributed by atoms with van der Waals surface area (Å²) in [5.74, 6) is 5.30. The van der Waals surface area contributed by atoms with Crippen LogP contribution in [0.5, 0.6) is 0 Å². The molecular weight excluding hydrogens is 268 g/mol.